The molecule has 0 radical (unpaired) electrons. The average molecular weight is 408 g/mol. The predicted molar refractivity (Wildman–Crippen MR) is 102 cm³/mol. The standard InChI is InChI=1S/C16H25N3O3S2.ClH/c1-17-11-13-5-4-7-18(12-13)16(20)15-14(6-10-23-15)24(21,22)19-8-2-3-9-19;/h6,10,13,17H,2-5,7-9,11-12H2,1H3;1H. The van der Waals surface area contributed by atoms with Crippen LogP contribution in [0.3, 0.4) is 0 Å². The summed E-state index contributed by atoms with van der Waals surface area (Å²) in [6.07, 6.45) is 3.86. The van der Waals surface area contributed by atoms with Gasteiger partial charge in [-0.25, -0.2) is 8.42 Å². The molecule has 142 valence electrons. The summed E-state index contributed by atoms with van der Waals surface area (Å²) in [6, 6.07) is 1.58. The van der Waals surface area contributed by atoms with Gasteiger partial charge < -0.3 is 10.2 Å². The Hall–Kier alpha value is -0.670. The van der Waals surface area contributed by atoms with E-state index in [1.54, 1.807) is 11.4 Å². The minimum absolute atomic E-state index is 0. The molecule has 0 aromatic carbocycles. The van der Waals surface area contributed by atoms with Crippen LogP contribution in [0.1, 0.15) is 35.4 Å². The van der Waals surface area contributed by atoms with Crippen molar-refractivity contribution in [3.8, 4) is 0 Å². The van der Waals surface area contributed by atoms with Crippen LogP contribution >= 0.6 is 23.7 Å². The summed E-state index contributed by atoms with van der Waals surface area (Å²) >= 11 is 1.24. The van der Waals surface area contributed by atoms with Crippen molar-refractivity contribution in [2.24, 2.45) is 5.92 Å². The molecule has 0 saturated carbocycles. The maximum Gasteiger partial charge on any atom is 0.265 e. The molecule has 0 bridgehead atoms. The molecule has 0 spiro atoms. The lowest BCUT2D eigenvalue weighted by Gasteiger charge is -2.32. The minimum atomic E-state index is -3.55. The van der Waals surface area contributed by atoms with Gasteiger partial charge in [-0.15, -0.1) is 23.7 Å². The second kappa shape index (κ2) is 8.81. The lowest BCUT2D eigenvalue weighted by atomic mass is 9.98. The first kappa shape index (κ1) is 20.6. The summed E-state index contributed by atoms with van der Waals surface area (Å²) < 4.78 is 27.2. The van der Waals surface area contributed by atoms with E-state index in [1.165, 1.54) is 15.6 Å². The van der Waals surface area contributed by atoms with Gasteiger partial charge in [-0.2, -0.15) is 4.31 Å². The number of hydrogen-bond acceptors (Lipinski definition) is 5. The van der Waals surface area contributed by atoms with Crippen molar-refractivity contribution in [1.82, 2.24) is 14.5 Å². The molecule has 9 heteroatoms. The van der Waals surface area contributed by atoms with Crippen molar-refractivity contribution in [2.75, 3.05) is 39.8 Å². The van der Waals surface area contributed by atoms with Crippen molar-refractivity contribution in [1.29, 1.82) is 0 Å². The number of thiophene rings is 1. The average Bonchev–Trinajstić information content (AvgIpc) is 3.26. The number of piperidine rings is 1. The molecule has 2 aliphatic rings. The Morgan fingerprint density at radius 1 is 1.28 bits per heavy atom. The Morgan fingerprint density at radius 2 is 2.00 bits per heavy atom. The molecule has 1 unspecified atom stereocenters. The van der Waals surface area contributed by atoms with Gasteiger partial charge in [0, 0.05) is 26.2 Å². The van der Waals surface area contributed by atoms with Crippen LogP contribution < -0.4 is 5.32 Å². The van der Waals surface area contributed by atoms with Gasteiger partial charge in [-0.1, -0.05) is 0 Å². The van der Waals surface area contributed by atoms with E-state index in [0.29, 0.717) is 37.0 Å². The molecule has 0 aliphatic carbocycles. The summed E-state index contributed by atoms with van der Waals surface area (Å²) in [5, 5.41) is 4.88. The zero-order valence-electron chi connectivity index (χ0n) is 14.4. The number of carbonyl (C=O) groups is 1. The number of nitrogens with zero attached hydrogens (tertiary/aromatic N) is 2. The van der Waals surface area contributed by atoms with E-state index in [4.69, 9.17) is 0 Å². The number of rotatable bonds is 5. The summed E-state index contributed by atoms with van der Waals surface area (Å²) in [7, 11) is -1.63. The zero-order chi connectivity index (χ0) is 17.2. The molecule has 3 heterocycles. The number of nitrogens with one attached hydrogen (secondary N) is 1. The van der Waals surface area contributed by atoms with E-state index >= 15 is 0 Å². The van der Waals surface area contributed by atoms with Gasteiger partial charge in [0.1, 0.15) is 9.77 Å². The predicted octanol–water partition coefficient (Wildman–Crippen LogP) is 2.03. The van der Waals surface area contributed by atoms with Gasteiger partial charge in [0.15, 0.2) is 0 Å². The Balaban J connectivity index is 0.00000225. The second-order valence-corrected chi connectivity index (χ2v) is 9.36. The van der Waals surface area contributed by atoms with Crippen LogP contribution in [0.5, 0.6) is 0 Å². The van der Waals surface area contributed by atoms with Crippen LogP contribution in [0.15, 0.2) is 16.3 Å². The highest BCUT2D eigenvalue weighted by Gasteiger charge is 2.34. The number of amides is 1. The topological polar surface area (TPSA) is 69.7 Å². The Morgan fingerprint density at radius 3 is 2.68 bits per heavy atom. The number of hydrogen-bond donors (Lipinski definition) is 1. The molecular weight excluding hydrogens is 382 g/mol. The van der Waals surface area contributed by atoms with Crippen LogP contribution in [-0.4, -0.2) is 63.3 Å². The normalized spacial score (nSPS) is 22.0. The lowest BCUT2D eigenvalue weighted by Crippen LogP contribution is -2.42. The molecular formula is C16H26ClN3O3S2. The largest absolute Gasteiger partial charge is 0.338 e. The SMILES string of the molecule is CNCC1CCCN(C(=O)c2sccc2S(=O)(=O)N2CCCC2)C1.Cl. The van der Waals surface area contributed by atoms with Crippen molar-refractivity contribution < 1.29 is 13.2 Å². The van der Waals surface area contributed by atoms with Crippen molar-refractivity contribution in [2.45, 2.75) is 30.6 Å². The van der Waals surface area contributed by atoms with E-state index in [1.807, 2.05) is 11.9 Å². The first-order valence-electron chi connectivity index (χ1n) is 8.55. The number of likely N-dealkylation sites (tertiary alicyclic amines) is 1. The van der Waals surface area contributed by atoms with Gasteiger partial charge in [0.05, 0.1) is 0 Å². The molecule has 1 aromatic rings. The van der Waals surface area contributed by atoms with Gasteiger partial charge in [-0.05, 0) is 56.6 Å². The smallest absolute Gasteiger partial charge is 0.265 e. The molecule has 2 aliphatic heterocycles. The van der Waals surface area contributed by atoms with E-state index < -0.39 is 10.0 Å². The fourth-order valence-electron chi connectivity index (χ4n) is 3.57. The third-order valence-electron chi connectivity index (χ3n) is 4.81. The number of sulfonamides is 1. The lowest BCUT2D eigenvalue weighted by molar-refractivity contribution is 0.0675. The Kier molecular flexibility index (Phi) is 7.28. The van der Waals surface area contributed by atoms with Gasteiger partial charge in [0.25, 0.3) is 5.91 Å². The van der Waals surface area contributed by atoms with E-state index in [2.05, 4.69) is 5.32 Å². The van der Waals surface area contributed by atoms with Crippen molar-refractivity contribution in [3.63, 3.8) is 0 Å². The third kappa shape index (κ3) is 4.36. The number of halogens is 1. The Labute approximate surface area is 160 Å². The van der Waals surface area contributed by atoms with Crippen LogP contribution in [-0.2, 0) is 10.0 Å². The van der Waals surface area contributed by atoms with Crippen LogP contribution in [0.4, 0.5) is 0 Å². The van der Waals surface area contributed by atoms with Crippen LogP contribution in [0.2, 0.25) is 0 Å². The van der Waals surface area contributed by atoms with Gasteiger partial charge >= 0.3 is 0 Å². The maximum atomic E-state index is 12.9. The Bertz CT molecular complexity index is 685. The van der Waals surface area contributed by atoms with Crippen molar-refractivity contribution >= 4 is 39.7 Å². The fourth-order valence-corrected chi connectivity index (χ4v) is 6.45. The highest BCUT2D eigenvalue weighted by Crippen LogP contribution is 2.29. The second-order valence-electron chi connectivity index (χ2n) is 6.54. The molecule has 25 heavy (non-hydrogen) atoms. The molecule has 2 saturated heterocycles. The van der Waals surface area contributed by atoms with Gasteiger partial charge in [-0.3, -0.25) is 4.79 Å². The summed E-state index contributed by atoms with van der Waals surface area (Å²) in [5.74, 6) is 0.301. The van der Waals surface area contributed by atoms with Crippen LogP contribution in [0.25, 0.3) is 0 Å². The first-order chi connectivity index (χ1) is 11.5. The van der Waals surface area contributed by atoms with E-state index in [9.17, 15) is 13.2 Å². The molecule has 1 amide bonds. The van der Waals surface area contributed by atoms with Crippen LogP contribution in [0, 0.1) is 5.92 Å². The summed E-state index contributed by atoms with van der Waals surface area (Å²) in [6.45, 7) is 3.40. The molecule has 1 N–H and O–H groups in total. The van der Waals surface area contributed by atoms with Crippen molar-refractivity contribution in [3.05, 3.63) is 16.3 Å². The number of carbonyl (C=O) groups excluding carboxylic acids is 1. The first-order valence-corrected chi connectivity index (χ1v) is 10.9. The monoisotopic (exact) mass is 407 g/mol. The third-order valence-corrected chi connectivity index (χ3v) is 7.78. The maximum absolute atomic E-state index is 12.9. The van der Waals surface area contributed by atoms with Gasteiger partial charge in [0.2, 0.25) is 10.0 Å². The fraction of sp³-hybridized carbons (Fsp3) is 0.688. The molecule has 2 fully saturated rings. The quantitative estimate of drug-likeness (QED) is 0.810. The zero-order valence-corrected chi connectivity index (χ0v) is 16.9. The molecule has 1 atom stereocenters. The van der Waals surface area contributed by atoms with E-state index in [-0.39, 0.29) is 23.2 Å². The van der Waals surface area contributed by atoms with E-state index in [0.717, 1.165) is 32.2 Å². The summed E-state index contributed by atoms with van der Waals surface area (Å²) in [4.78, 5) is 15.3. The molecule has 6 nitrogen and oxygen atoms in total. The summed E-state index contributed by atoms with van der Waals surface area (Å²) in [5.41, 5.74) is 0. The minimum Gasteiger partial charge on any atom is -0.338 e. The highest BCUT2D eigenvalue weighted by atomic mass is 35.5. The molecule has 3 rings (SSSR count). The highest BCUT2D eigenvalue weighted by molar-refractivity contribution is 7.89. The molecule has 1 aromatic heterocycles.